The standard InChI is InChI=1S/C14H22N2O2/c1-10(9-15-14(17)18)12-6-5-7-13(8-12)11(2)16(3)4/h5-8,10-11,15H,9H2,1-4H3,(H,17,18). The van der Waals surface area contributed by atoms with Crippen molar-refractivity contribution in [1.82, 2.24) is 10.2 Å². The summed E-state index contributed by atoms with van der Waals surface area (Å²) in [4.78, 5) is 12.6. The van der Waals surface area contributed by atoms with Crippen LogP contribution in [-0.4, -0.2) is 36.7 Å². The SMILES string of the molecule is CC(CNC(=O)O)c1cccc(C(C)N(C)C)c1. The molecule has 0 saturated carbocycles. The molecule has 2 atom stereocenters. The third-order valence-electron chi connectivity index (χ3n) is 3.30. The minimum atomic E-state index is -0.973. The molecular formula is C14H22N2O2. The largest absolute Gasteiger partial charge is 0.465 e. The molecule has 4 nitrogen and oxygen atoms in total. The Labute approximate surface area is 109 Å². The van der Waals surface area contributed by atoms with Gasteiger partial charge in [0.1, 0.15) is 0 Å². The summed E-state index contributed by atoms with van der Waals surface area (Å²) >= 11 is 0. The lowest BCUT2D eigenvalue weighted by atomic mass is 9.96. The van der Waals surface area contributed by atoms with E-state index in [1.807, 2.05) is 33.2 Å². The first-order valence-electron chi connectivity index (χ1n) is 6.15. The second-order valence-corrected chi connectivity index (χ2v) is 4.90. The normalized spacial score (nSPS) is 14.3. The van der Waals surface area contributed by atoms with Crippen LogP contribution in [0.15, 0.2) is 24.3 Å². The van der Waals surface area contributed by atoms with Gasteiger partial charge in [-0.05, 0) is 38.1 Å². The van der Waals surface area contributed by atoms with Crippen LogP contribution in [0.3, 0.4) is 0 Å². The predicted molar refractivity (Wildman–Crippen MR) is 73.0 cm³/mol. The fraction of sp³-hybridized carbons (Fsp3) is 0.500. The molecule has 0 aliphatic heterocycles. The second-order valence-electron chi connectivity index (χ2n) is 4.90. The average molecular weight is 250 g/mol. The van der Waals surface area contributed by atoms with Crippen LogP contribution in [-0.2, 0) is 0 Å². The van der Waals surface area contributed by atoms with Crippen molar-refractivity contribution in [3.05, 3.63) is 35.4 Å². The van der Waals surface area contributed by atoms with Gasteiger partial charge in [0, 0.05) is 12.6 Å². The summed E-state index contributed by atoms with van der Waals surface area (Å²) in [6.07, 6.45) is -0.973. The highest BCUT2D eigenvalue weighted by molar-refractivity contribution is 5.64. The van der Waals surface area contributed by atoms with Gasteiger partial charge < -0.3 is 15.3 Å². The Morgan fingerprint density at radius 1 is 1.33 bits per heavy atom. The van der Waals surface area contributed by atoms with Gasteiger partial charge in [-0.2, -0.15) is 0 Å². The highest BCUT2D eigenvalue weighted by Crippen LogP contribution is 2.22. The van der Waals surface area contributed by atoms with E-state index < -0.39 is 6.09 Å². The van der Waals surface area contributed by atoms with Crippen molar-refractivity contribution < 1.29 is 9.90 Å². The molecule has 1 amide bonds. The van der Waals surface area contributed by atoms with Crippen LogP contribution in [0.1, 0.15) is 36.9 Å². The van der Waals surface area contributed by atoms with Gasteiger partial charge >= 0.3 is 6.09 Å². The van der Waals surface area contributed by atoms with Crippen molar-refractivity contribution in [2.45, 2.75) is 25.8 Å². The third-order valence-corrected chi connectivity index (χ3v) is 3.30. The quantitative estimate of drug-likeness (QED) is 0.844. The van der Waals surface area contributed by atoms with Crippen molar-refractivity contribution >= 4 is 6.09 Å². The number of nitrogens with zero attached hydrogens (tertiary/aromatic N) is 1. The maximum atomic E-state index is 10.5. The van der Waals surface area contributed by atoms with Crippen LogP contribution in [0.4, 0.5) is 4.79 Å². The summed E-state index contributed by atoms with van der Waals surface area (Å²) in [6.45, 7) is 4.61. The van der Waals surface area contributed by atoms with Crippen LogP contribution in [0, 0.1) is 0 Å². The number of nitrogens with one attached hydrogen (secondary N) is 1. The van der Waals surface area contributed by atoms with Gasteiger partial charge in [0.15, 0.2) is 0 Å². The van der Waals surface area contributed by atoms with Gasteiger partial charge in [-0.15, -0.1) is 0 Å². The van der Waals surface area contributed by atoms with Crippen LogP contribution in [0.2, 0.25) is 0 Å². The molecule has 1 aromatic carbocycles. The predicted octanol–water partition coefficient (Wildman–Crippen LogP) is 2.68. The number of hydrogen-bond donors (Lipinski definition) is 2. The van der Waals surface area contributed by atoms with E-state index >= 15 is 0 Å². The van der Waals surface area contributed by atoms with Gasteiger partial charge in [0.2, 0.25) is 0 Å². The monoisotopic (exact) mass is 250 g/mol. The van der Waals surface area contributed by atoms with Crippen LogP contribution < -0.4 is 5.32 Å². The molecule has 0 aliphatic rings. The van der Waals surface area contributed by atoms with Gasteiger partial charge in [-0.1, -0.05) is 31.2 Å². The van der Waals surface area contributed by atoms with E-state index in [1.165, 1.54) is 5.56 Å². The summed E-state index contributed by atoms with van der Waals surface area (Å²) < 4.78 is 0. The van der Waals surface area contributed by atoms with Crippen molar-refractivity contribution in [3.8, 4) is 0 Å². The summed E-state index contributed by atoms with van der Waals surface area (Å²) in [7, 11) is 4.10. The first-order chi connectivity index (χ1) is 8.41. The fourth-order valence-electron chi connectivity index (χ4n) is 1.78. The van der Waals surface area contributed by atoms with Crippen molar-refractivity contribution in [1.29, 1.82) is 0 Å². The Morgan fingerprint density at radius 3 is 2.50 bits per heavy atom. The zero-order chi connectivity index (χ0) is 13.7. The molecule has 1 aromatic rings. The molecule has 0 aromatic heterocycles. The molecule has 0 fully saturated rings. The zero-order valence-electron chi connectivity index (χ0n) is 11.5. The average Bonchev–Trinajstić information content (AvgIpc) is 2.34. The van der Waals surface area contributed by atoms with Gasteiger partial charge in [-0.25, -0.2) is 4.79 Å². The first kappa shape index (κ1) is 14.5. The number of carboxylic acid groups (broad SMARTS) is 1. The molecular weight excluding hydrogens is 228 g/mol. The molecule has 2 N–H and O–H groups in total. The summed E-state index contributed by atoms with van der Waals surface area (Å²) in [5.41, 5.74) is 2.41. The van der Waals surface area contributed by atoms with Crippen LogP contribution in [0.25, 0.3) is 0 Å². The van der Waals surface area contributed by atoms with E-state index in [2.05, 4.69) is 29.3 Å². The second kappa shape index (κ2) is 6.40. The topological polar surface area (TPSA) is 52.6 Å². The number of amides is 1. The Morgan fingerprint density at radius 2 is 1.94 bits per heavy atom. The summed E-state index contributed by atoms with van der Waals surface area (Å²) in [5, 5.41) is 11.0. The molecule has 0 heterocycles. The number of carbonyl (C=O) groups is 1. The summed E-state index contributed by atoms with van der Waals surface area (Å²) in [5.74, 6) is 0.176. The van der Waals surface area contributed by atoms with E-state index in [0.29, 0.717) is 12.6 Å². The summed E-state index contributed by atoms with van der Waals surface area (Å²) in [6, 6.07) is 8.68. The van der Waals surface area contributed by atoms with Gasteiger partial charge in [0.25, 0.3) is 0 Å². The molecule has 0 spiro atoms. The Kier molecular flexibility index (Phi) is 5.16. The van der Waals surface area contributed by atoms with E-state index in [0.717, 1.165) is 5.56 Å². The minimum absolute atomic E-state index is 0.176. The molecule has 2 unspecified atom stereocenters. The Balaban J connectivity index is 2.78. The van der Waals surface area contributed by atoms with Crippen molar-refractivity contribution in [3.63, 3.8) is 0 Å². The molecule has 0 radical (unpaired) electrons. The zero-order valence-corrected chi connectivity index (χ0v) is 11.5. The van der Waals surface area contributed by atoms with E-state index in [1.54, 1.807) is 0 Å². The van der Waals surface area contributed by atoms with E-state index in [9.17, 15) is 4.79 Å². The highest BCUT2D eigenvalue weighted by Gasteiger charge is 2.11. The minimum Gasteiger partial charge on any atom is -0.465 e. The molecule has 0 bridgehead atoms. The highest BCUT2D eigenvalue weighted by atomic mass is 16.4. The molecule has 100 valence electrons. The smallest absolute Gasteiger partial charge is 0.404 e. The van der Waals surface area contributed by atoms with Gasteiger partial charge in [0.05, 0.1) is 0 Å². The van der Waals surface area contributed by atoms with Crippen molar-refractivity contribution in [2.24, 2.45) is 0 Å². The first-order valence-corrected chi connectivity index (χ1v) is 6.15. The number of benzene rings is 1. The van der Waals surface area contributed by atoms with E-state index in [-0.39, 0.29) is 5.92 Å². The van der Waals surface area contributed by atoms with Crippen molar-refractivity contribution in [2.75, 3.05) is 20.6 Å². The molecule has 0 saturated heterocycles. The fourth-order valence-corrected chi connectivity index (χ4v) is 1.78. The maximum absolute atomic E-state index is 10.5. The lowest BCUT2D eigenvalue weighted by molar-refractivity contribution is 0.194. The molecule has 18 heavy (non-hydrogen) atoms. The van der Waals surface area contributed by atoms with Gasteiger partial charge in [-0.3, -0.25) is 0 Å². The van der Waals surface area contributed by atoms with E-state index in [4.69, 9.17) is 5.11 Å². The third kappa shape index (κ3) is 4.04. The number of rotatable bonds is 5. The van der Waals surface area contributed by atoms with Crippen LogP contribution in [0.5, 0.6) is 0 Å². The van der Waals surface area contributed by atoms with Crippen LogP contribution >= 0.6 is 0 Å². The number of hydrogen-bond acceptors (Lipinski definition) is 2. The molecule has 0 aliphatic carbocycles. The Hall–Kier alpha value is -1.55. The maximum Gasteiger partial charge on any atom is 0.404 e. The lowest BCUT2D eigenvalue weighted by Crippen LogP contribution is -2.25. The lowest BCUT2D eigenvalue weighted by Gasteiger charge is -2.21. The molecule has 1 rings (SSSR count). The Bertz CT molecular complexity index is 405. The molecule has 4 heteroatoms.